The molecule has 0 amide bonds. The van der Waals surface area contributed by atoms with Gasteiger partial charge in [-0.05, 0) is 44.1 Å². The molecule has 6 rings (SSSR count). The molecule has 3 aromatic heterocycles. The third-order valence-electron chi connectivity index (χ3n) is 6.14. The topological polar surface area (TPSA) is 147 Å². The average Bonchev–Trinajstić information content (AvgIpc) is 3.62. The van der Waals surface area contributed by atoms with Crippen LogP contribution in [0.1, 0.15) is 18.5 Å². The number of piperidine rings is 1. The third-order valence-corrected chi connectivity index (χ3v) is 6.14. The molecule has 0 spiro atoms. The molecule has 4 N–H and O–H groups in total. The van der Waals surface area contributed by atoms with Crippen molar-refractivity contribution >= 4 is 22.5 Å². The van der Waals surface area contributed by atoms with E-state index in [1.165, 1.54) is 6.39 Å². The Morgan fingerprint density at radius 3 is 2.89 bits per heavy atom. The van der Waals surface area contributed by atoms with Crippen LogP contribution in [0.25, 0.3) is 33.5 Å². The van der Waals surface area contributed by atoms with Gasteiger partial charge in [0.05, 0.1) is 24.0 Å². The largest absolute Gasteiger partial charge is 0.490 e. The molecule has 1 aliphatic rings. The average molecular weight is 485 g/mol. The molecule has 5 aromatic rings. The van der Waals surface area contributed by atoms with Crippen molar-refractivity contribution in [2.24, 2.45) is 0 Å². The molecule has 4 heterocycles. The number of oxazole rings is 1. The molecule has 11 nitrogen and oxygen atoms in total. The van der Waals surface area contributed by atoms with Crippen molar-refractivity contribution in [2.45, 2.75) is 25.6 Å². The number of hydrogen-bond acceptors (Lipinski definition) is 10. The maximum Gasteiger partial charge on any atom is 0.227 e. The van der Waals surface area contributed by atoms with Gasteiger partial charge >= 0.3 is 0 Å². The summed E-state index contributed by atoms with van der Waals surface area (Å²) in [6.07, 6.45) is 6.72. The van der Waals surface area contributed by atoms with Crippen LogP contribution >= 0.6 is 0 Å². The normalized spacial score (nSPS) is 14.2. The standard InChI is InChI=1S/C25H24N8O3/c34-13-21-24(32-33-31-21)19-9-16-11-28-25(29-17-3-1-2-15(8-17)23-12-27-14-35-23)30-20(16)10-22(19)36-18-4-6-26-7-5-18/h1-3,8-12,14,18,26,34H,4-7,13H2,(H,28,29,30)(H,31,32,33). The maximum atomic E-state index is 9.74. The SMILES string of the molecule is OCc1nn[nH]c1-c1cc2cnc(Nc3cccc(-c4cnco4)c3)nc2cc1OC1CCNCC1. The zero-order chi connectivity index (χ0) is 24.3. The first kappa shape index (κ1) is 22.1. The van der Waals surface area contributed by atoms with E-state index in [4.69, 9.17) is 14.1 Å². The molecule has 0 saturated carbocycles. The van der Waals surface area contributed by atoms with Gasteiger partial charge in [-0.1, -0.05) is 17.3 Å². The number of nitrogens with zero attached hydrogens (tertiary/aromatic N) is 5. The van der Waals surface area contributed by atoms with E-state index >= 15 is 0 Å². The van der Waals surface area contributed by atoms with Crippen LogP contribution in [0.2, 0.25) is 0 Å². The van der Waals surface area contributed by atoms with Gasteiger partial charge in [0.2, 0.25) is 5.95 Å². The number of aromatic nitrogens is 6. The van der Waals surface area contributed by atoms with Gasteiger partial charge in [0.15, 0.2) is 12.2 Å². The minimum absolute atomic E-state index is 0.0779. The summed E-state index contributed by atoms with van der Waals surface area (Å²) in [6, 6.07) is 11.6. The predicted octanol–water partition coefficient (Wildman–Crippen LogP) is 3.44. The Morgan fingerprint density at radius 2 is 2.06 bits per heavy atom. The lowest BCUT2D eigenvalue weighted by Crippen LogP contribution is -2.34. The van der Waals surface area contributed by atoms with E-state index in [9.17, 15) is 5.11 Å². The summed E-state index contributed by atoms with van der Waals surface area (Å²) >= 11 is 0. The van der Waals surface area contributed by atoms with Crippen LogP contribution in [-0.2, 0) is 6.61 Å². The van der Waals surface area contributed by atoms with Crippen LogP contribution in [0.4, 0.5) is 11.6 Å². The summed E-state index contributed by atoms with van der Waals surface area (Å²) in [4.78, 5) is 13.2. The van der Waals surface area contributed by atoms with Crippen LogP contribution in [0.5, 0.6) is 5.75 Å². The highest BCUT2D eigenvalue weighted by molar-refractivity contribution is 5.88. The zero-order valence-electron chi connectivity index (χ0n) is 19.3. The lowest BCUT2D eigenvalue weighted by Gasteiger charge is -2.25. The molecule has 0 atom stereocenters. The molecule has 2 aromatic carbocycles. The summed E-state index contributed by atoms with van der Waals surface area (Å²) in [7, 11) is 0. The Bertz CT molecular complexity index is 1480. The molecule has 0 bridgehead atoms. The van der Waals surface area contributed by atoms with Gasteiger partial charge < -0.3 is 24.9 Å². The number of ether oxygens (including phenoxy) is 1. The zero-order valence-corrected chi connectivity index (χ0v) is 19.3. The first-order valence-electron chi connectivity index (χ1n) is 11.7. The van der Waals surface area contributed by atoms with Crippen molar-refractivity contribution < 1.29 is 14.3 Å². The number of nitrogens with one attached hydrogen (secondary N) is 3. The second-order valence-electron chi connectivity index (χ2n) is 8.53. The van der Waals surface area contributed by atoms with Gasteiger partial charge in [0.1, 0.15) is 17.5 Å². The number of aliphatic hydroxyl groups excluding tert-OH is 1. The van der Waals surface area contributed by atoms with Crippen molar-refractivity contribution in [3.63, 3.8) is 0 Å². The van der Waals surface area contributed by atoms with E-state index in [2.05, 4.69) is 36.0 Å². The number of hydrogen-bond donors (Lipinski definition) is 4. The second-order valence-corrected chi connectivity index (χ2v) is 8.53. The minimum atomic E-state index is -0.233. The molecule has 0 radical (unpaired) electrons. The van der Waals surface area contributed by atoms with Crippen LogP contribution in [0.15, 0.2) is 59.6 Å². The third kappa shape index (κ3) is 4.49. The molecular weight excluding hydrogens is 460 g/mol. The van der Waals surface area contributed by atoms with E-state index in [1.807, 2.05) is 36.4 Å². The summed E-state index contributed by atoms with van der Waals surface area (Å²) in [5.74, 6) is 1.80. The maximum absolute atomic E-state index is 9.74. The molecule has 0 aliphatic carbocycles. The van der Waals surface area contributed by atoms with Crippen molar-refractivity contribution in [3.8, 4) is 28.3 Å². The highest BCUT2D eigenvalue weighted by Gasteiger charge is 2.21. The number of H-pyrrole nitrogens is 1. The van der Waals surface area contributed by atoms with Crippen molar-refractivity contribution in [1.82, 2.24) is 35.7 Å². The fourth-order valence-corrected chi connectivity index (χ4v) is 4.32. The van der Waals surface area contributed by atoms with Crippen LogP contribution in [0.3, 0.4) is 0 Å². The van der Waals surface area contributed by atoms with E-state index in [-0.39, 0.29) is 12.7 Å². The number of rotatable bonds is 7. The molecule has 1 aliphatic heterocycles. The Balaban J connectivity index is 1.35. The smallest absolute Gasteiger partial charge is 0.227 e. The van der Waals surface area contributed by atoms with Crippen LogP contribution in [0, 0.1) is 0 Å². The highest BCUT2D eigenvalue weighted by Crippen LogP contribution is 2.36. The molecule has 11 heteroatoms. The fraction of sp³-hybridized carbons (Fsp3) is 0.240. The number of anilines is 2. The second kappa shape index (κ2) is 9.72. The Morgan fingerprint density at radius 1 is 1.14 bits per heavy atom. The van der Waals surface area contributed by atoms with Crippen LogP contribution in [-0.4, -0.2) is 54.7 Å². The monoisotopic (exact) mass is 484 g/mol. The van der Waals surface area contributed by atoms with E-state index in [1.54, 1.807) is 12.4 Å². The first-order chi connectivity index (χ1) is 17.8. The molecule has 1 saturated heterocycles. The number of aromatic amines is 1. The minimum Gasteiger partial charge on any atom is -0.490 e. The summed E-state index contributed by atoms with van der Waals surface area (Å²) in [5, 5.41) is 27.9. The fourth-order valence-electron chi connectivity index (χ4n) is 4.32. The van der Waals surface area contributed by atoms with E-state index < -0.39 is 0 Å². The Labute approximate surface area is 206 Å². The van der Waals surface area contributed by atoms with Gasteiger partial charge in [-0.2, -0.15) is 0 Å². The molecular formula is C25H24N8O3. The molecule has 1 fully saturated rings. The Hall–Kier alpha value is -4.35. The van der Waals surface area contributed by atoms with E-state index in [0.717, 1.165) is 53.6 Å². The summed E-state index contributed by atoms with van der Waals surface area (Å²) in [5.41, 5.74) is 4.28. The Kier molecular flexibility index (Phi) is 5.98. The van der Waals surface area contributed by atoms with Crippen molar-refractivity contribution in [3.05, 3.63) is 60.9 Å². The lowest BCUT2D eigenvalue weighted by molar-refractivity contribution is 0.163. The molecule has 0 unspecified atom stereocenters. The van der Waals surface area contributed by atoms with Gasteiger partial charge in [-0.3, -0.25) is 5.10 Å². The molecule has 36 heavy (non-hydrogen) atoms. The van der Waals surface area contributed by atoms with E-state index in [0.29, 0.717) is 28.8 Å². The number of benzene rings is 2. The van der Waals surface area contributed by atoms with Crippen molar-refractivity contribution in [1.29, 1.82) is 0 Å². The lowest BCUT2D eigenvalue weighted by atomic mass is 10.0. The summed E-state index contributed by atoms with van der Waals surface area (Å²) < 4.78 is 11.8. The van der Waals surface area contributed by atoms with Crippen molar-refractivity contribution in [2.75, 3.05) is 18.4 Å². The number of fused-ring (bicyclic) bond motifs is 1. The van der Waals surface area contributed by atoms with Crippen LogP contribution < -0.4 is 15.4 Å². The van der Waals surface area contributed by atoms with Gasteiger partial charge in [-0.15, -0.1) is 5.10 Å². The van der Waals surface area contributed by atoms with Gasteiger partial charge in [0, 0.05) is 34.5 Å². The summed E-state index contributed by atoms with van der Waals surface area (Å²) in [6.45, 7) is 1.58. The number of aliphatic hydroxyl groups is 1. The quantitative estimate of drug-likeness (QED) is 0.271. The molecule has 182 valence electrons. The van der Waals surface area contributed by atoms with Gasteiger partial charge in [-0.25, -0.2) is 15.0 Å². The highest BCUT2D eigenvalue weighted by atomic mass is 16.5. The predicted molar refractivity (Wildman–Crippen MR) is 133 cm³/mol. The first-order valence-corrected chi connectivity index (χ1v) is 11.7. The van der Waals surface area contributed by atoms with Gasteiger partial charge in [0.25, 0.3) is 0 Å².